The van der Waals surface area contributed by atoms with E-state index < -0.39 is 5.97 Å². The van der Waals surface area contributed by atoms with Gasteiger partial charge in [-0.2, -0.15) is 0 Å². The molecule has 2 rings (SSSR count). The zero-order valence-electron chi connectivity index (χ0n) is 10.2. The zero-order chi connectivity index (χ0) is 13.0. The third-order valence-corrected chi connectivity index (χ3v) is 3.14. The van der Waals surface area contributed by atoms with Gasteiger partial charge in [0, 0.05) is 11.9 Å². The average molecular weight is 266 g/mol. The van der Waals surface area contributed by atoms with Gasteiger partial charge in [-0.3, -0.25) is 0 Å². The number of aromatic nitrogens is 1. The molecule has 1 N–H and O–H groups in total. The topological polar surface area (TPSA) is 64.4 Å². The van der Waals surface area contributed by atoms with E-state index in [2.05, 4.69) is 15.0 Å². The maximum absolute atomic E-state index is 11.2. The van der Waals surface area contributed by atoms with Crippen LogP contribution in [-0.4, -0.2) is 18.1 Å². The lowest BCUT2D eigenvalue weighted by Crippen LogP contribution is -2.12. The molecule has 0 radical (unpaired) electrons. The second kappa shape index (κ2) is 5.79. The summed E-state index contributed by atoms with van der Waals surface area (Å²) >= 11 is 1.63. The van der Waals surface area contributed by atoms with Crippen LogP contribution in [0.5, 0.6) is 0 Å². The van der Waals surface area contributed by atoms with E-state index in [0.29, 0.717) is 18.8 Å². The monoisotopic (exact) mass is 266 g/mol. The number of nitrogens with one attached hydrogen (secondary N) is 1. The Morgan fingerprint density at radius 1 is 1.50 bits per heavy atom. The minimum absolute atomic E-state index is 0.221. The van der Waals surface area contributed by atoms with Crippen LogP contribution in [0.15, 0.2) is 21.9 Å². The molecule has 0 amide bonds. The number of aryl methyl sites for hydroxylation is 1. The molecule has 0 spiro atoms. The number of thiazole rings is 1. The maximum Gasteiger partial charge on any atom is 0.373 e. The fourth-order valence-corrected chi connectivity index (χ4v) is 2.10. The van der Waals surface area contributed by atoms with Crippen LogP contribution in [-0.2, 0) is 17.8 Å². The van der Waals surface area contributed by atoms with Gasteiger partial charge < -0.3 is 14.5 Å². The van der Waals surface area contributed by atoms with Crippen molar-refractivity contribution in [2.45, 2.75) is 20.0 Å². The summed E-state index contributed by atoms with van der Waals surface area (Å²) in [5, 5.41) is 6.27. The van der Waals surface area contributed by atoms with Gasteiger partial charge in [0.15, 0.2) is 0 Å². The van der Waals surface area contributed by atoms with Crippen molar-refractivity contribution in [3.63, 3.8) is 0 Å². The first-order valence-corrected chi connectivity index (χ1v) is 6.36. The predicted octanol–water partition coefficient (Wildman–Crippen LogP) is 2.12. The fourth-order valence-electron chi connectivity index (χ4n) is 1.49. The van der Waals surface area contributed by atoms with Crippen LogP contribution in [0, 0.1) is 6.92 Å². The number of rotatable bonds is 5. The molecule has 0 saturated carbocycles. The summed E-state index contributed by atoms with van der Waals surface area (Å²) in [7, 11) is 1.33. The molecule has 2 aromatic rings. The molecule has 0 aliphatic rings. The number of carbonyl (C=O) groups is 1. The van der Waals surface area contributed by atoms with Crippen molar-refractivity contribution in [1.29, 1.82) is 0 Å². The standard InChI is InChI=1S/C12H14N2O3S/c1-8-14-9(7-18-8)5-13-6-10-3-4-11(17-10)12(15)16-2/h3-4,7,13H,5-6H2,1-2H3. The van der Waals surface area contributed by atoms with E-state index in [1.54, 1.807) is 23.5 Å². The summed E-state index contributed by atoms with van der Waals surface area (Å²) in [6, 6.07) is 3.36. The van der Waals surface area contributed by atoms with Crippen molar-refractivity contribution in [2.24, 2.45) is 0 Å². The lowest BCUT2D eigenvalue weighted by atomic mass is 10.4. The van der Waals surface area contributed by atoms with Gasteiger partial charge in [0.25, 0.3) is 0 Å². The Morgan fingerprint density at radius 2 is 2.33 bits per heavy atom. The van der Waals surface area contributed by atoms with Crippen molar-refractivity contribution in [2.75, 3.05) is 7.11 Å². The number of carbonyl (C=O) groups excluding carboxylic acids is 1. The second-order valence-electron chi connectivity index (χ2n) is 3.72. The lowest BCUT2D eigenvalue weighted by Gasteiger charge is -1.99. The average Bonchev–Trinajstić information content (AvgIpc) is 2.98. The Hall–Kier alpha value is -1.66. The molecule has 6 heteroatoms. The molecule has 0 bridgehead atoms. The summed E-state index contributed by atoms with van der Waals surface area (Å²) in [6.45, 7) is 3.20. The number of ether oxygens (including phenoxy) is 1. The number of nitrogens with zero attached hydrogens (tertiary/aromatic N) is 1. The van der Waals surface area contributed by atoms with Crippen LogP contribution < -0.4 is 5.32 Å². The number of hydrogen-bond acceptors (Lipinski definition) is 6. The Morgan fingerprint density at radius 3 is 3.00 bits per heavy atom. The van der Waals surface area contributed by atoms with Crippen LogP contribution in [0.1, 0.15) is 27.0 Å². The number of methoxy groups -OCH3 is 1. The van der Waals surface area contributed by atoms with Gasteiger partial charge in [-0.15, -0.1) is 11.3 Å². The van der Waals surface area contributed by atoms with Crippen molar-refractivity contribution in [3.05, 3.63) is 39.7 Å². The molecule has 2 aromatic heterocycles. The molecule has 0 atom stereocenters. The quantitative estimate of drug-likeness (QED) is 0.840. The smallest absolute Gasteiger partial charge is 0.373 e. The van der Waals surface area contributed by atoms with E-state index in [-0.39, 0.29) is 5.76 Å². The van der Waals surface area contributed by atoms with Crippen molar-refractivity contribution < 1.29 is 13.9 Å². The Balaban J connectivity index is 1.83. The fraction of sp³-hybridized carbons (Fsp3) is 0.333. The van der Waals surface area contributed by atoms with Crippen molar-refractivity contribution in [1.82, 2.24) is 10.3 Å². The van der Waals surface area contributed by atoms with E-state index in [9.17, 15) is 4.79 Å². The van der Waals surface area contributed by atoms with E-state index in [4.69, 9.17) is 4.42 Å². The predicted molar refractivity (Wildman–Crippen MR) is 67.4 cm³/mol. The Bertz CT molecular complexity index is 533. The highest BCUT2D eigenvalue weighted by molar-refractivity contribution is 7.09. The lowest BCUT2D eigenvalue weighted by molar-refractivity contribution is 0.0563. The van der Waals surface area contributed by atoms with E-state index >= 15 is 0 Å². The van der Waals surface area contributed by atoms with Gasteiger partial charge in [0.2, 0.25) is 5.76 Å². The van der Waals surface area contributed by atoms with E-state index in [0.717, 1.165) is 10.7 Å². The van der Waals surface area contributed by atoms with Gasteiger partial charge in [-0.05, 0) is 19.1 Å². The summed E-state index contributed by atoms with van der Waals surface area (Å²) in [6.07, 6.45) is 0. The summed E-state index contributed by atoms with van der Waals surface area (Å²) in [5.41, 5.74) is 1.01. The van der Waals surface area contributed by atoms with Crippen LogP contribution in [0.25, 0.3) is 0 Å². The second-order valence-corrected chi connectivity index (χ2v) is 4.78. The van der Waals surface area contributed by atoms with Gasteiger partial charge in [0.05, 0.1) is 24.4 Å². The normalized spacial score (nSPS) is 10.6. The minimum atomic E-state index is -0.462. The number of furan rings is 1. The number of hydrogen-bond donors (Lipinski definition) is 1. The molecular weight excluding hydrogens is 252 g/mol. The summed E-state index contributed by atoms with van der Waals surface area (Å²) in [4.78, 5) is 15.5. The molecule has 18 heavy (non-hydrogen) atoms. The van der Waals surface area contributed by atoms with Crippen LogP contribution in [0.4, 0.5) is 0 Å². The molecular formula is C12H14N2O3S. The molecule has 0 fully saturated rings. The first-order valence-electron chi connectivity index (χ1n) is 5.48. The van der Waals surface area contributed by atoms with Crippen LogP contribution >= 0.6 is 11.3 Å². The third-order valence-electron chi connectivity index (χ3n) is 2.32. The summed E-state index contributed by atoms with van der Waals surface area (Å²) in [5.74, 6) is 0.456. The number of esters is 1. The highest BCUT2D eigenvalue weighted by Crippen LogP contribution is 2.10. The largest absolute Gasteiger partial charge is 0.463 e. The molecule has 0 aromatic carbocycles. The highest BCUT2D eigenvalue weighted by atomic mass is 32.1. The molecule has 2 heterocycles. The van der Waals surface area contributed by atoms with Crippen LogP contribution in [0.2, 0.25) is 0 Å². The van der Waals surface area contributed by atoms with E-state index in [1.165, 1.54) is 7.11 Å². The van der Waals surface area contributed by atoms with Crippen LogP contribution in [0.3, 0.4) is 0 Å². The summed E-state index contributed by atoms with van der Waals surface area (Å²) < 4.78 is 9.89. The van der Waals surface area contributed by atoms with Crippen molar-refractivity contribution in [3.8, 4) is 0 Å². The SMILES string of the molecule is COC(=O)c1ccc(CNCc2csc(C)n2)o1. The Labute approximate surface area is 109 Å². The zero-order valence-corrected chi connectivity index (χ0v) is 11.0. The highest BCUT2D eigenvalue weighted by Gasteiger charge is 2.10. The molecule has 0 saturated heterocycles. The molecule has 5 nitrogen and oxygen atoms in total. The van der Waals surface area contributed by atoms with Gasteiger partial charge >= 0.3 is 5.97 Å². The van der Waals surface area contributed by atoms with Gasteiger partial charge in [-0.25, -0.2) is 9.78 Å². The molecule has 0 aliphatic heterocycles. The maximum atomic E-state index is 11.2. The third kappa shape index (κ3) is 3.18. The first-order chi connectivity index (χ1) is 8.69. The Kier molecular flexibility index (Phi) is 4.11. The molecule has 0 unspecified atom stereocenters. The minimum Gasteiger partial charge on any atom is -0.463 e. The van der Waals surface area contributed by atoms with Crippen molar-refractivity contribution >= 4 is 17.3 Å². The van der Waals surface area contributed by atoms with E-state index in [1.807, 2.05) is 12.3 Å². The molecule has 0 aliphatic carbocycles. The first kappa shape index (κ1) is 12.8. The molecule has 96 valence electrons. The van der Waals surface area contributed by atoms with Gasteiger partial charge in [-0.1, -0.05) is 0 Å². The van der Waals surface area contributed by atoms with Gasteiger partial charge in [0.1, 0.15) is 5.76 Å².